The Kier molecular flexibility index (Phi) is 20.4. The van der Waals surface area contributed by atoms with Crippen LogP contribution in [0.1, 0.15) is 38.5 Å². The quantitative estimate of drug-likeness (QED) is 0.350. The van der Waals surface area contributed by atoms with Gasteiger partial charge in [-0.3, -0.25) is 0 Å². The van der Waals surface area contributed by atoms with Crippen LogP contribution in [0.4, 0.5) is 79.0 Å². The monoisotopic (exact) mass is 1130 g/mol. The van der Waals surface area contributed by atoms with E-state index in [-0.39, 0.29) is 0 Å². The fourth-order valence-corrected chi connectivity index (χ4v) is 11.7. The first-order valence-electron chi connectivity index (χ1n) is 17.5. The third-order valence-corrected chi connectivity index (χ3v) is 18.5. The van der Waals surface area contributed by atoms with Crippen LogP contribution >= 0.6 is 0 Å². The highest BCUT2D eigenvalue weighted by molar-refractivity contribution is 7.91. The van der Waals surface area contributed by atoms with E-state index in [0.29, 0.717) is 0 Å². The number of alkyl halides is 18. The van der Waals surface area contributed by atoms with Gasteiger partial charge in [0.05, 0.1) is 0 Å². The molecule has 42 heteroatoms. The summed E-state index contributed by atoms with van der Waals surface area (Å²) < 4.78 is 388. The summed E-state index contributed by atoms with van der Waals surface area (Å²) in [7, 11) is -40.3. The second-order valence-corrected chi connectivity index (χ2v) is 24.8. The number of sulfonamides is 6. The molecule has 0 bridgehead atoms. The molecule has 1 heterocycles. The van der Waals surface area contributed by atoms with Crippen molar-refractivity contribution in [1.29, 1.82) is 0 Å². The van der Waals surface area contributed by atoms with E-state index in [9.17, 15) is 130 Å². The molecular weight excluding hydrogens is 1100 g/mol. The zero-order chi connectivity index (χ0) is 52.2. The maximum absolute atomic E-state index is 13.6. The van der Waals surface area contributed by atoms with E-state index >= 15 is 0 Å². The summed E-state index contributed by atoms with van der Waals surface area (Å²) in [4.78, 5) is 0. The maximum atomic E-state index is 13.6. The van der Waals surface area contributed by atoms with Gasteiger partial charge in [0.25, 0.3) is 0 Å². The predicted octanol–water partition coefficient (Wildman–Crippen LogP) is 3.25. The summed E-state index contributed by atoms with van der Waals surface area (Å²) in [6.07, 6.45) is -8.79. The second kappa shape index (κ2) is 21.7. The molecule has 0 atom stereocenters. The number of halogens is 18. The summed E-state index contributed by atoms with van der Waals surface area (Å²) in [6, 6.07) is 0. The molecule has 0 radical (unpaired) electrons. The van der Waals surface area contributed by atoms with Crippen molar-refractivity contribution in [1.82, 2.24) is 25.8 Å². The molecule has 0 aromatic rings. The van der Waals surface area contributed by atoms with E-state index in [2.05, 4.69) is 0 Å². The minimum Gasteiger partial charge on any atom is -0.203 e. The Morgan fingerprint density at radius 3 is 0.333 bits per heavy atom. The van der Waals surface area contributed by atoms with Gasteiger partial charge in [-0.15, -0.1) is 0 Å². The normalized spacial score (nSPS) is 21.4. The van der Waals surface area contributed by atoms with Gasteiger partial charge in [0.2, 0.25) is 0 Å². The Morgan fingerprint density at radius 1 is 0.197 bits per heavy atom. The van der Waals surface area contributed by atoms with E-state index in [1.54, 1.807) is 0 Å². The van der Waals surface area contributed by atoms with E-state index < -0.39 is 236 Å². The highest BCUT2D eigenvalue weighted by atomic mass is 32.2. The summed E-state index contributed by atoms with van der Waals surface area (Å²) in [5, 5.41) is 0. The van der Waals surface area contributed by atoms with E-state index in [0.717, 1.165) is 0 Å². The van der Waals surface area contributed by atoms with Gasteiger partial charge < -0.3 is 0 Å². The molecule has 1 fully saturated rings. The maximum Gasteiger partial charge on any atom is 0.511 e. The van der Waals surface area contributed by atoms with Gasteiger partial charge in [-0.05, 0) is 38.5 Å². The molecule has 1 aliphatic rings. The lowest BCUT2D eigenvalue weighted by Crippen LogP contribution is -2.48. The Labute approximate surface area is 364 Å². The van der Waals surface area contributed by atoms with Crippen LogP contribution in [0.5, 0.6) is 0 Å². The standard InChI is InChI=1S/C24H36F18N6O12S6/c25-19(26,27)61(49,50)43-7-1-8-44(62(51,52)20(28,29)30)10-3-12-46(64(55,56)22(34,35)36)14-5-16-48(66(59,60)24(40,41)42)18-6-17-47(65(57,58)23(37,38)39)15-4-13-45(11-2-9-43)63(53,54)21(31,32)33/h1-18H2. The van der Waals surface area contributed by atoms with Crippen molar-refractivity contribution < 1.29 is 130 Å². The average Bonchev–Trinajstić information content (AvgIpc) is 3.09. The van der Waals surface area contributed by atoms with Crippen molar-refractivity contribution in [3.8, 4) is 0 Å². The van der Waals surface area contributed by atoms with Crippen LogP contribution in [0.3, 0.4) is 0 Å². The minimum absolute atomic E-state index is 0.736. The van der Waals surface area contributed by atoms with E-state index in [1.807, 2.05) is 0 Å². The predicted molar refractivity (Wildman–Crippen MR) is 187 cm³/mol. The van der Waals surface area contributed by atoms with E-state index in [4.69, 9.17) is 0 Å². The van der Waals surface area contributed by atoms with E-state index in [1.165, 1.54) is 0 Å². The molecule has 18 nitrogen and oxygen atoms in total. The van der Waals surface area contributed by atoms with Crippen LogP contribution in [0, 0.1) is 0 Å². The summed E-state index contributed by atoms with van der Waals surface area (Å²) in [5.74, 6) is 0. The molecule has 1 saturated heterocycles. The van der Waals surface area contributed by atoms with Gasteiger partial charge in [-0.25, -0.2) is 50.5 Å². The lowest BCUT2D eigenvalue weighted by Gasteiger charge is -2.29. The molecule has 0 aromatic carbocycles. The molecule has 0 saturated carbocycles. The lowest BCUT2D eigenvalue weighted by molar-refractivity contribution is -0.0501. The van der Waals surface area contributed by atoms with Crippen LogP contribution in [-0.2, 0) is 60.1 Å². The van der Waals surface area contributed by atoms with Crippen LogP contribution in [0.25, 0.3) is 0 Å². The number of nitrogens with zero attached hydrogens (tertiary/aromatic N) is 6. The van der Waals surface area contributed by atoms with Crippen LogP contribution in [-0.4, -0.2) is 188 Å². The van der Waals surface area contributed by atoms with Gasteiger partial charge >= 0.3 is 93.2 Å². The molecule has 0 unspecified atom stereocenters. The third-order valence-electron chi connectivity index (χ3n) is 8.68. The Morgan fingerprint density at radius 2 is 0.273 bits per heavy atom. The topological polar surface area (TPSA) is 224 Å². The van der Waals surface area contributed by atoms with Crippen molar-refractivity contribution in [2.45, 2.75) is 71.6 Å². The summed E-state index contributed by atoms with van der Waals surface area (Å²) in [5.41, 5.74) is -38.1. The largest absolute Gasteiger partial charge is 0.511 e. The third kappa shape index (κ3) is 15.1. The van der Waals surface area contributed by atoms with Crippen molar-refractivity contribution >= 4 is 60.1 Å². The molecule has 0 spiro atoms. The highest BCUT2D eigenvalue weighted by Gasteiger charge is 2.55. The van der Waals surface area contributed by atoms with Gasteiger partial charge in [0.15, 0.2) is 0 Å². The van der Waals surface area contributed by atoms with Gasteiger partial charge in [-0.2, -0.15) is 105 Å². The molecule has 0 aliphatic carbocycles. The smallest absolute Gasteiger partial charge is 0.203 e. The highest BCUT2D eigenvalue weighted by Crippen LogP contribution is 2.34. The SMILES string of the molecule is O=S(=O)(N1CCCN(S(=O)(=O)C(F)(F)F)CCCN(S(=O)(=O)C(F)(F)F)CCCN(S(=O)(=O)C(F)(F)F)CCCN(S(=O)(=O)C(F)(F)F)CCCN(S(=O)(=O)C(F)(F)F)CCC1)C(F)(F)F. The molecule has 396 valence electrons. The average molecular weight is 1130 g/mol. The first-order chi connectivity index (χ1) is 29.1. The first-order valence-corrected chi connectivity index (χ1v) is 26.2. The van der Waals surface area contributed by atoms with Crippen LogP contribution in [0.2, 0.25) is 0 Å². The molecule has 0 aromatic heterocycles. The van der Waals surface area contributed by atoms with Gasteiger partial charge in [0.1, 0.15) is 0 Å². The number of hydrogen-bond acceptors (Lipinski definition) is 12. The number of hydrogen-bond donors (Lipinski definition) is 0. The fraction of sp³-hybridized carbons (Fsp3) is 1.00. The Balaban J connectivity index is 4.03. The Hall–Kier alpha value is -1.80. The molecular formula is C24H36F18N6O12S6. The molecule has 0 amide bonds. The summed E-state index contributed by atoms with van der Waals surface area (Å²) >= 11 is 0. The van der Waals surface area contributed by atoms with Gasteiger partial charge in [0, 0.05) is 78.5 Å². The minimum atomic E-state index is -6.72. The molecule has 66 heavy (non-hydrogen) atoms. The Bertz CT molecular complexity index is 1860. The number of rotatable bonds is 6. The second-order valence-electron chi connectivity index (χ2n) is 13.2. The lowest BCUT2D eigenvalue weighted by atomic mass is 10.3. The van der Waals surface area contributed by atoms with Crippen molar-refractivity contribution in [2.24, 2.45) is 0 Å². The first kappa shape index (κ1) is 62.2. The van der Waals surface area contributed by atoms with Crippen LogP contribution in [0.15, 0.2) is 0 Å². The van der Waals surface area contributed by atoms with Crippen molar-refractivity contribution in [2.75, 3.05) is 78.5 Å². The zero-order valence-electron chi connectivity index (χ0n) is 32.6. The van der Waals surface area contributed by atoms with Crippen molar-refractivity contribution in [3.05, 3.63) is 0 Å². The summed E-state index contributed by atoms with van der Waals surface area (Å²) in [6.45, 7) is -20.7. The molecule has 1 rings (SSSR count). The zero-order valence-corrected chi connectivity index (χ0v) is 37.5. The van der Waals surface area contributed by atoms with Crippen LogP contribution < -0.4 is 0 Å². The van der Waals surface area contributed by atoms with Crippen molar-refractivity contribution in [3.63, 3.8) is 0 Å². The fourth-order valence-electron chi connectivity index (χ4n) is 5.53. The molecule has 0 N–H and O–H groups in total. The van der Waals surface area contributed by atoms with Gasteiger partial charge in [-0.1, -0.05) is 0 Å². The molecule has 1 aliphatic heterocycles.